The quantitative estimate of drug-likeness (QED) is 0.693. The minimum absolute atomic E-state index is 0.258. The summed E-state index contributed by atoms with van der Waals surface area (Å²) in [5, 5.41) is 3.55. The van der Waals surface area contributed by atoms with Gasteiger partial charge < -0.3 is 14.8 Å². The lowest BCUT2D eigenvalue weighted by atomic mass is 10.1. The van der Waals surface area contributed by atoms with Crippen LogP contribution in [0.25, 0.3) is 0 Å². The molecule has 0 aromatic heterocycles. The molecular weight excluding hydrogens is 216 g/mol. The predicted molar refractivity (Wildman–Crippen MR) is 70.4 cm³/mol. The SMILES string of the molecule is COCCN(CC1CCCN1)C(C)C(C)OC. The summed E-state index contributed by atoms with van der Waals surface area (Å²) in [5.74, 6) is 0. The zero-order valence-corrected chi connectivity index (χ0v) is 11.7. The molecule has 0 aromatic rings. The maximum atomic E-state index is 5.43. The monoisotopic (exact) mass is 244 g/mol. The van der Waals surface area contributed by atoms with Gasteiger partial charge in [0.05, 0.1) is 12.7 Å². The van der Waals surface area contributed by atoms with E-state index in [1.807, 2.05) is 0 Å². The minimum Gasteiger partial charge on any atom is -0.383 e. The summed E-state index contributed by atoms with van der Waals surface area (Å²) in [7, 11) is 3.54. The molecule has 0 radical (unpaired) electrons. The molecule has 1 aliphatic heterocycles. The molecule has 0 aromatic carbocycles. The minimum atomic E-state index is 0.258. The van der Waals surface area contributed by atoms with E-state index in [1.165, 1.54) is 12.8 Å². The number of ether oxygens (including phenoxy) is 2. The molecule has 1 saturated heterocycles. The van der Waals surface area contributed by atoms with Gasteiger partial charge in [-0.2, -0.15) is 0 Å². The van der Waals surface area contributed by atoms with Crippen molar-refractivity contribution in [3.63, 3.8) is 0 Å². The van der Waals surface area contributed by atoms with E-state index in [0.717, 1.165) is 26.2 Å². The zero-order chi connectivity index (χ0) is 12.7. The smallest absolute Gasteiger partial charge is 0.0695 e. The van der Waals surface area contributed by atoms with E-state index in [-0.39, 0.29) is 6.10 Å². The molecule has 4 heteroatoms. The zero-order valence-electron chi connectivity index (χ0n) is 11.7. The average molecular weight is 244 g/mol. The fourth-order valence-corrected chi connectivity index (χ4v) is 2.36. The van der Waals surface area contributed by atoms with Crippen molar-refractivity contribution in [1.29, 1.82) is 0 Å². The third-order valence-corrected chi connectivity index (χ3v) is 3.83. The van der Waals surface area contributed by atoms with Crippen LogP contribution in [0, 0.1) is 0 Å². The Bertz CT molecular complexity index is 196. The molecule has 17 heavy (non-hydrogen) atoms. The van der Waals surface area contributed by atoms with Gasteiger partial charge in [-0.15, -0.1) is 0 Å². The molecule has 3 unspecified atom stereocenters. The highest BCUT2D eigenvalue weighted by molar-refractivity contribution is 4.82. The van der Waals surface area contributed by atoms with Crippen LogP contribution in [-0.4, -0.2) is 63.5 Å². The molecule has 0 amide bonds. The topological polar surface area (TPSA) is 33.7 Å². The molecule has 0 spiro atoms. The van der Waals surface area contributed by atoms with Crippen molar-refractivity contribution in [2.24, 2.45) is 0 Å². The van der Waals surface area contributed by atoms with E-state index in [4.69, 9.17) is 9.47 Å². The number of nitrogens with one attached hydrogen (secondary N) is 1. The largest absolute Gasteiger partial charge is 0.383 e. The lowest BCUT2D eigenvalue weighted by Gasteiger charge is -2.34. The highest BCUT2D eigenvalue weighted by atomic mass is 16.5. The van der Waals surface area contributed by atoms with Gasteiger partial charge in [0.25, 0.3) is 0 Å². The second kappa shape index (κ2) is 8.03. The van der Waals surface area contributed by atoms with Crippen LogP contribution in [0.15, 0.2) is 0 Å². The summed E-state index contributed by atoms with van der Waals surface area (Å²) in [5.41, 5.74) is 0. The number of rotatable bonds is 8. The molecule has 1 fully saturated rings. The fourth-order valence-electron chi connectivity index (χ4n) is 2.36. The molecule has 1 aliphatic rings. The van der Waals surface area contributed by atoms with E-state index in [2.05, 4.69) is 24.1 Å². The first kappa shape index (κ1) is 14.9. The van der Waals surface area contributed by atoms with Crippen molar-refractivity contribution in [2.75, 3.05) is 40.5 Å². The van der Waals surface area contributed by atoms with E-state index in [0.29, 0.717) is 12.1 Å². The molecule has 3 atom stereocenters. The second-order valence-corrected chi connectivity index (χ2v) is 4.96. The highest BCUT2D eigenvalue weighted by Gasteiger charge is 2.24. The molecule has 0 bridgehead atoms. The standard InChI is InChI=1S/C13H28N2O2/c1-11(12(2)17-4)15(8-9-16-3)10-13-6-5-7-14-13/h11-14H,5-10H2,1-4H3. The van der Waals surface area contributed by atoms with Gasteiger partial charge in [-0.3, -0.25) is 4.90 Å². The Morgan fingerprint density at radius 2 is 2.12 bits per heavy atom. The van der Waals surface area contributed by atoms with Crippen molar-refractivity contribution in [3.8, 4) is 0 Å². The van der Waals surface area contributed by atoms with Crippen LogP contribution in [0.4, 0.5) is 0 Å². The normalized spacial score (nSPS) is 24.2. The Kier molecular flexibility index (Phi) is 7.04. The maximum Gasteiger partial charge on any atom is 0.0695 e. The van der Waals surface area contributed by atoms with Gasteiger partial charge in [0.1, 0.15) is 0 Å². The van der Waals surface area contributed by atoms with E-state index in [9.17, 15) is 0 Å². The third-order valence-electron chi connectivity index (χ3n) is 3.83. The van der Waals surface area contributed by atoms with Crippen molar-refractivity contribution in [1.82, 2.24) is 10.2 Å². The summed E-state index contributed by atoms with van der Waals surface area (Å²) in [6.45, 7) is 8.39. The fraction of sp³-hybridized carbons (Fsp3) is 1.00. The summed E-state index contributed by atoms with van der Waals surface area (Å²) < 4.78 is 10.6. The van der Waals surface area contributed by atoms with Crippen LogP contribution in [0.1, 0.15) is 26.7 Å². The number of nitrogens with zero attached hydrogens (tertiary/aromatic N) is 1. The summed E-state index contributed by atoms with van der Waals surface area (Å²) in [6, 6.07) is 1.07. The van der Waals surface area contributed by atoms with Crippen LogP contribution in [-0.2, 0) is 9.47 Å². The summed E-state index contributed by atoms with van der Waals surface area (Å²) in [4.78, 5) is 2.47. The van der Waals surface area contributed by atoms with Crippen molar-refractivity contribution >= 4 is 0 Å². The molecule has 0 saturated carbocycles. The first-order chi connectivity index (χ1) is 8.19. The van der Waals surface area contributed by atoms with Gasteiger partial charge in [0.2, 0.25) is 0 Å². The van der Waals surface area contributed by atoms with Gasteiger partial charge in [-0.1, -0.05) is 0 Å². The van der Waals surface area contributed by atoms with E-state index in [1.54, 1.807) is 14.2 Å². The third kappa shape index (κ3) is 4.92. The van der Waals surface area contributed by atoms with Gasteiger partial charge in [-0.05, 0) is 33.2 Å². The van der Waals surface area contributed by atoms with Crippen molar-refractivity contribution in [2.45, 2.75) is 44.9 Å². The lowest BCUT2D eigenvalue weighted by molar-refractivity contribution is 0.0195. The summed E-state index contributed by atoms with van der Waals surface area (Å²) >= 11 is 0. The molecule has 1 rings (SSSR count). The Morgan fingerprint density at radius 1 is 1.35 bits per heavy atom. The van der Waals surface area contributed by atoms with Gasteiger partial charge in [0, 0.05) is 39.4 Å². The Hall–Kier alpha value is -0.160. The van der Waals surface area contributed by atoms with Gasteiger partial charge in [-0.25, -0.2) is 0 Å². The Balaban J connectivity index is 2.45. The van der Waals surface area contributed by atoms with Crippen LogP contribution in [0.5, 0.6) is 0 Å². The maximum absolute atomic E-state index is 5.43. The van der Waals surface area contributed by atoms with Crippen LogP contribution in [0.3, 0.4) is 0 Å². The molecular formula is C13H28N2O2. The first-order valence-electron chi connectivity index (χ1n) is 6.68. The molecule has 0 aliphatic carbocycles. The Morgan fingerprint density at radius 3 is 2.65 bits per heavy atom. The highest BCUT2D eigenvalue weighted by Crippen LogP contribution is 2.12. The number of hydrogen-bond acceptors (Lipinski definition) is 4. The number of hydrogen-bond donors (Lipinski definition) is 1. The van der Waals surface area contributed by atoms with Crippen molar-refractivity contribution < 1.29 is 9.47 Å². The van der Waals surface area contributed by atoms with Crippen molar-refractivity contribution in [3.05, 3.63) is 0 Å². The van der Waals surface area contributed by atoms with E-state index < -0.39 is 0 Å². The van der Waals surface area contributed by atoms with Crippen LogP contribution in [0.2, 0.25) is 0 Å². The average Bonchev–Trinajstić information content (AvgIpc) is 2.85. The molecule has 1 N–H and O–H groups in total. The molecule has 4 nitrogen and oxygen atoms in total. The second-order valence-electron chi connectivity index (χ2n) is 4.96. The van der Waals surface area contributed by atoms with Crippen LogP contribution < -0.4 is 5.32 Å². The van der Waals surface area contributed by atoms with Crippen LogP contribution >= 0.6 is 0 Å². The van der Waals surface area contributed by atoms with E-state index >= 15 is 0 Å². The Labute approximate surface area is 106 Å². The molecule has 102 valence electrons. The molecule has 1 heterocycles. The predicted octanol–water partition coefficient (Wildman–Crippen LogP) is 1.11. The lowest BCUT2D eigenvalue weighted by Crippen LogP contribution is -2.48. The van der Waals surface area contributed by atoms with Gasteiger partial charge >= 0.3 is 0 Å². The number of methoxy groups -OCH3 is 2. The van der Waals surface area contributed by atoms with Gasteiger partial charge in [0.15, 0.2) is 0 Å². The first-order valence-corrected chi connectivity index (χ1v) is 6.68. The summed E-state index contributed by atoms with van der Waals surface area (Å²) in [6.07, 6.45) is 2.85.